The highest BCUT2D eigenvalue weighted by molar-refractivity contribution is 5.96. The predicted molar refractivity (Wildman–Crippen MR) is 234 cm³/mol. The third-order valence-electron chi connectivity index (χ3n) is 12.9. The average molecular weight is 731 g/mol. The molecule has 0 amide bonds. The monoisotopic (exact) mass is 730 g/mol. The van der Waals surface area contributed by atoms with E-state index in [0.717, 1.165) is 80.4 Å². The molecule has 0 saturated heterocycles. The van der Waals surface area contributed by atoms with Crippen molar-refractivity contribution in [1.29, 1.82) is 0 Å². The van der Waals surface area contributed by atoms with E-state index in [-0.39, 0.29) is 0 Å². The van der Waals surface area contributed by atoms with Gasteiger partial charge in [-0.15, -0.1) is 0 Å². The number of benzene rings is 6. The molecule has 4 aliphatic rings. The van der Waals surface area contributed by atoms with E-state index in [1.807, 2.05) is 12.4 Å². The van der Waals surface area contributed by atoms with Crippen LogP contribution in [0, 0.1) is 6.92 Å². The molecule has 0 unspecified atom stereocenters. The Kier molecular flexibility index (Phi) is 6.87. The highest BCUT2D eigenvalue weighted by Gasteiger charge is 2.53. The molecule has 3 aliphatic carbocycles. The number of ether oxygens (including phenoxy) is 1. The summed E-state index contributed by atoms with van der Waals surface area (Å²) in [6, 6.07) is 47.0. The van der Waals surface area contributed by atoms with E-state index in [9.17, 15) is 0 Å². The molecule has 270 valence electrons. The first-order valence-electron chi connectivity index (χ1n) is 20.1. The highest BCUT2D eigenvalue weighted by atomic mass is 16.5. The zero-order valence-corrected chi connectivity index (χ0v) is 31.9. The SMILES string of the molecule is CC1=Cc2c(C)cccc2C2=C(C1)C1(c3cc(-c4cnc5ccccc5c4)ccc3-c3ccc(-c4cnc5ccccc5c4)cc31)c1ccc3c(c1O2)C=CCC3. The van der Waals surface area contributed by atoms with Crippen molar-refractivity contribution < 1.29 is 4.74 Å². The molecule has 6 aromatic carbocycles. The third-order valence-corrected chi connectivity index (χ3v) is 12.9. The lowest BCUT2D eigenvalue weighted by molar-refractivity contribution is 0.459. The topological polar surface area (TPSA) is 35.0 Å². The number of nitrogens with zero attached hydrogens (tertiary/aromatic N) is 2. The molecule has 1 spiro atoms. The summed E-state index contributed by atoms with van der Waals surface area (Å²) in [6.45, 7) is 4.51. The molecular weight excluding hydrogens is 693 g/mol. The molecule has 3 nitrogen and oxygen atoms in total. The highest BCUT2D eigenvalue weighted by Crippen LogP contribution is 2.64. The number of aromatic nitrogens is 2. The van der Waals surface area contributed by atoms with Crippen molar-refractivity contribution in [3.8, 4) is 39.1 Å². The minimum Gasteiger partial charge on any atom is -0.456 e. The Labute approximate surface area is 332 Å². The van der Waals surface area contributed by atoms with E-state index in [1.54, 1.807) is 0 Å². The number of para-hydroxylation sites is 2. The summed E-state index contributed by atoms with van der Waals surface area (Å²) in [4.78, 5) is 9.83. The van der Waals surface area contributed by atoms with Crippen LogP contribution in [-0.4, -0.2) is 9.97 Å². The van der Waals surface area contributed by atoms with Gasteiger partial charge < -0.3 is 4.74 Å². The first-order valence-corrected chi connectivity index (χ1v) is 20.1. The molecule has 1 aliphatic heterocycles. The van der Waals surface area contributed by atoms with Crippen LogP contribution in [0.5, 0.6) is 5.75 Å². The zero-order valence-electron chi connectivity index (χ0n) is 31.9. The second-order valence-electron chi connectivity index (χ2n) is 16.2. The van der Waals surface area contributed by atoms with Crippen molar-refractivity contribution >= 4 is 39.7 Å². The molecule has 57 heavy (non-hydrogen) atoms. The summed E-state index contributed by atoms with van der Waals surface area (Å²) in [5, 5.41) is 2.27. The summed E-state index contributed by atoms with van der Waals surface area (Å²) in [6.07, 6.45) is 13.9. The molecule has 12 rings (SSSR count). The fraction of sp³-hybridized carbons (Fsp3) is 0.111. The van der Waals surface area contributed by atoms with Crippen LogP contribution >= 0.6 is 0 Å². The van der Waals surface area contributed by atoms with Gasteiger partial charge in [0, 0.05) is 51.0 Å². The lowest BCUT2D eigenvalue weighted by atomic mass is 9.63. The Hall–Kier alpha value is -6.84. The summed E-state index contributed by atoms with van der Waals surface area (Å²) < 4.78 is 7.46. The number of rotatable bonds is 2. The number of hydrogen-bond acceptors (Lipinski definition) is 3. The Balaban J connectivity index is 1.21. The van der Waals surface area contributed by atoms with Crippen LogP contribution in [-0.2, 0) is 11.8 Å². The molecule has 0 radical (unpaired) electrons. The molecule has 0 bridgehead atoms. The summed E-state index contributed by atoms with van der Waals surface area (Å²) in [7, 11) is 0. The minimum atomic E-state index is -0.644. The number of aryl methyl sites for hydroxylation is 2. The van der Waals surface area contributed by atoms with E-state index in [1.165, 1.54) is 61.2 Å². The van der Waals surface area contributed by atoms with E-state index in [2.05, 4.69) is 159 Å². The maximum absolute atomic E-state index is 7.46. The van der Waals surface area contributed by atoms with Crippen LogP contribution < -0.4 is 4.74 Å². The van der Waals surface area contributed by atoms with Crippen LogP contribution in [0.25, 0.3) is 73.1 Å². The third kappa shape index (κ3) is 4.66. The summed E-state index contributed by atoms with van der Waals surface area (Å²) in [5.74, 6) is 1.96. The average Bonchev–Trinajstić information content (AvgIpc) is 3.44. The predicted octanol–water partition coefficient (Wildman–Crippen LogP) is 13.3. The van der Waals surface area contributed by atoms with E-state index >= 15 is 0 Å². The molecule has 0 saturated carbocycles. The van der Waals surface area contributed by atoms with Gasteiger partial charge in [-0.1, -0.05) is 115 Å². The fourth-order valence-electron chi connectivity index (χ4n) is 10.2. The first kappa shape index (κ1) is 32.4. The van der Waals surface area contributed by atoms with Crippen LogP contribution in [0.3, 0.4) is 0 Å². The number of pyridine rings is 2. The summed E-state index contributed by atoms with van der Waals surface area (Å²) >= 11 is 0. The van der Waals surface area contributed by atoms with Gasteiger partial charge in [-0.25, -0.2) is 0 Å². The van der Waals surface area contributed by atoms with E-state index in [0.29, 0.717) is 0 Å². The van der Waals surface area contributed by atoms with Crippen LogP contribution in [0.1, 0.15) is 64.3 Å². The van der Waals surface area contributed by atoms with Gasteiger partial charge in [0.25, 0.3) is 0 Å². The normalized spacial score (nSPS) is 15.6. The zero-order chi connectivity index (χ0) is 37.8. The molecule has 2 aromatic heterocycles. The Morgan fingerprint density at radius 3 is 1.93 bits per heavy atom. The Morgan fingerprint density at radius 1 is 0.579 bits per heavy atom. The van der Waals surface area contributed by atoms with Crippen molar-refractivity contribution in [2.75, 3.05) is 0 Å². The standard InChI is InChI=1S/C54H38N2O/c1-32-24-45-33(2)10-9-15-44(45)53-49(25-32)54(46-23-20-34-11-3-6-14-41(34)52(46)57-53)47-28-35(39-26-37-12-4-7-16-50(37)55-30-39)18-21-42(47)43-22-19-36(29-48(43)54)40-27-38-13-5-8-17-51(38)56-31-40/h4-10,12-24,26-31H,3,11,25H2,1-2H3. The largest absolute Gasteiger partial charge is 0.456 e. The van der Waals surface area contributed by atoms with Crippen molar-refractivity contribution in [2.45, 2.75) is 38.5 Å². The second-order valence-corrected chi connectivity index (χ2v) is 16.2. The van der Waals surface area contributed by atoms with Crippen LogP contribution in [0.4, 0.5) is 0 Å². The maximum atomic E-state index is 7.46. The number of fused-ring (bicyclic) bond motifs is 14. The number of allylic oxidation sites excluding steroid dienone is 3. The van der Waals surface area contributed by atoms with Gasteiger partial charge in [0.1, 0.15) is 11.5 Å². The molecule has 8 aromatic rings. The van der Waals surface area contributed by atoms with Gasteiger partial charge in [-0.2, -0.15) is 0 Å². The quantitative estimate of drug-likeness (QED) is 0.178. The smallest absolute Gasteiger partial charge is 0.139 e. The van der Waals surface area contributed by atoms with Gasteiger partial charge >= 0.3 is 0 Å². The van der Waals surface area contributed by atoms with Crippen molar-refractivity contribution in [2.24, 2.45) is 0 Å². The Morgan fingerprint density at radius 2 is 1.25 bits per heavy atom. The molecule has 0 atom stereocenters. The molecular formula is C54H38N2O. The summed E-state index contributed by atoms with van der Waals surface area (Å²) in [5.41, 5.74) is 21.0. The van der Waals surface area contributed by atoms with Crippen molar-refractivity contribution in [3.63, 3.8) is 0 Å². The lowest BCUT2D eigenvalue weighted by Gasteiger charge is -2.42. The molecule has 0 fully saturated rings. The molecule has 0 N–H and O–H groups in total. The van der Waals surface area contributed by atoms with Gasteiger partial charge in [-0.05, 0) is 125 Å². The minimum absolute atomic E-state index is 0.644. The van der Waals surface area contributed by atoms with Crippen LogP contribution in [0.15, 0.2) is 157 Å². The van der Waals surface area contributed by atoms with Gasteiger partial charge in [0.15, 0.2) is 0 Å². The fourth-order valence-corrected chi connectivity index (χ4v) is 10.2. The second kappa shape index (κ2) is 12.1. The van der Waals surface area contributed by atoms with Gasteiger partial charge in [0.2, 0.25) is 0 Å². The maximum Gasteiger partial charge on any atom is 0.139 e. The van der Waals surface area contributed by atoms with Crippen molar-refractivity contribution in [3.05, 3.63) is 202 Å². The molecule has 3 heterocycles. The van der Waals surface area contributed by atoms with Crippen LogP contribution in [0.2, 0.25) is 0 Å². The van der Waals surface area contributed by atoms with E-state index in [4.69, 9.17) is 14.7 Å². The number of hydrogen-bond donors (Lipinski definition) is 0. The lowest BCUT2D eigenvalue weighted by Crippen LogP contribution is -2.35. The molecule has 3 heteroatoms. The van der Waals surface area contributed by atoms with Gasteiger partial charge in [-0.3, -0.25) is 9.97 Å². The van der Waals surface area contributed by atoms with E-state index < -0.39 is 5.41 Å². The Bertz CT molecular complexity index is 3030. The first-order chi connectivity index (χ1) is 28.0. The van der Waals surface area contributed by atoms with Crippen molar-refractivity contribution in [1.82, 2.24) is 9.97 Å². The van der Waals surface area contributed by atoms with Gasteiger partial charge in [0.05, 0.1) is 16.4 Å².